The second-order valence-corrected chi connectivity index (χ2v) is 3.24. The van der Waals surface area contributed by atoms with Crippen LogP contribution in [0.2, 0.25) is 0 Å². The Bertz CT molecular complexity index is 97.1. The molecule has 0 bridgehead atoms. The average molecular weight is 131 g/mol. The Morgan fingerprint density at radius 1 is 1.56 bits per heavy atom. The van der Waals surface area contributed by atoms with Gasteiger partial charge in [-0.25, -0.2) is 4.39 Å². The van der Waals surface area contributed by atoms with E-state index < -0.39 is 5.79 Å². The molecular weight excluding hydrogens is 117 g/mol. The summed E-state index contributed by atoms with van der Waals surface area (Å²) in [4.78, 5) is 0. The van der Waals surface area contributed by atoms with Gasteiger partial charge in [-0.3, -0.25) is 5.32 Å². The molecule has 0 amide bonds. The molecule has 54 valence electrons. The van der Waals surface area contributed by atoms with Crippen LogP contribution in [0.4, 0.5) is 4.39 Å². The van der Waals surface area contributed by atoms with Gasteiger partial charge in [0.1, 0.15) is 0 Å². The summed E-state index contributed by atoms with van der Waals surface area (Å²) in [6.45, 7) is 4.97. The highest BCUT2D eigenvalue weighted by atomic mass is 19.1. The quantitative estimate of drug-likeness (QED) is 0.575. The minimum Gasteiger partial charge on any atom is -0.285 e. The smallest absolute Gasteiger partial charge is 0.162 e. The van der Waals surface area contributed by atoms with Crippen molar-refractivity contribution in [3.63, 3.8) is 0 Å². The highest BCUT2D eigenvalue weighted by molar-refractivity contribution is 4.91. The molecule has 9 heavy (non-hydrogen) atoms. The van der Waals surface area contributed by atoms with E-state index in [0.29, 0.717) is 18.8 Å². The Balaban J connectivity index is 2.05. The molecule has 0 unspecified atom stereocenters. The van der Waals surface area contributed by atoms with Gasteiger partial charge in [0.2, 0.25) is 0 Å². The molecule has 0 spiro atoms. The van der Waals surface area contributed by atoms with Crippen molar-refractivity contribution in [3.05, 3.63) is 0 Å². The van der Waals surface area contributed by atoms with Crippen LogP contribution in [0.3, 0.4) is 0 Å². The van der Waals surface area contributed by atoms with E-state index in [1.165, 1.54) is 0 Å². The number of alkyl halides is 1. The third-order valence-electron chi connectivity index (χ3n) is 1.52. The normalized spacial score (nSPS) is 22.7. The first kappa shape index (κ1) is 7.00. The summed E-state index contributed by atoms with van der Waals surface area (Å²) in [6.07, 6.45) is 1.42. The van der Waals surface area contributed by atoms with E-state index >= 15 is 0 Å². The monoisotopic (exact) mass is 131 g/mol. The van der Waals surface area contributed by atoms with Crippen LogP contribution in [0.1, 0.15) is 26.7 Å². The van der Waals surface area contributed by atoms with E-state index in [1.54, 1.807) is 0 Å². The second-order valence-electron chi connectivity index (χ2n) is 3.24. The largest absolute Gasteiger partial charge is 0.285 e. The molecule has 1 fully saturated rings. The van der Waals surface area contributed by atoms with Gasteiger partial charge in [0.25, 0.3) is 0 Å². The van der Waals surface area contributed by atoms with Crippen molar-refractivity contribution in [3.8, 4) is 0 Å². The molecule has 1 aliphatic rings. The van der Waals surface area contributed by atoms with Gasteiger partial charge in [-0.05, 0) is 18.8 Å². The van der Waals surface area contributed by atoms with Crippen molar-refractivity contribution in [1.29, 1.82) is 0 Å². The van der Waals surface area contributed by atoms with Crippen LogP contribution in [0.5, 0.6) is 0 Å². The number of rotatable bonds is 3. The first-order valence-electron chi connectivity index (χ1n) is 3.56. The average Bonchev–Trinajstić information content (AvgIpc) is 2.45. The molecule has 2 heteroatoms. The van der Waals surface area contributed by atoms with E-state index in [9.17, 15) is 4.39 Å². The molecule has 1 nitrogen and oxygen atoms in total. The van der Waals surface area contributed by atoms with E-state index in [0.717, 1.165) is 6.54 Å². The molecule has 1 rings (SSSR count). The summed E-state index contributed by atoms with van der Waals surface area (Å²) in [5, 5.41) is 2.87. The van der Waals surface area contributed by atoms with Gasteiger partial charge >= 0.3 is 0 Å². The summed E-state index contributed by atoms with van der Waals surface area (Å²) in [7, 11) is 0. The lowest BCUT2D eigenvalue weighted by molar-refractivity contribution is 0.239. The molecule has 0 aromatic heterocycles. The van der Waals surface area contributed by atoms with E-state index in [4.69, 9.17) is 0 Å². The van der Waals surface area contributed by atoms with Crippen LogP contribution < -0.4 is 5.32 Å². The zero-order valence-electron chi connectivity index (χ0n) is 6.08. The van der Waals surface area contributed by atoms with Crippen LogP contribution in [-0.4, -0.2) is 12.3 Å². The number of hydrogen-bond donors (Lipinski definition) is 1. The van der Waals surface area contributed by atoms with Crippen molar-refractivity contribution in [1.82, 2.24) is 5.32 Å². The molecule has 0 radical (unpaired) electrons. The third-order valence-corrected chi connectivity index (χ3v) is 1.52. The third kappa shape index (κ3) is 2.31. The second kappa shape index (κ2) is 2.25. The Morgan fingerprint density at radius 2 is 2.11 bits per heavy atom. The maximum absolute atomic E-state index is 12.7. The minimum absolute atomic E-state index is 0.554. The molecule has 0 atom stereocenters. The maximum Gasteiger partial charge on any atom is 0.162 e. The van der Waals surface area contributed by atoms with Crippen molar-refractivity contribution >= 4 is 0 Å². The Kier molecular flexibility index (Phi) is 1.75. The van der Waals surface area contributed by atoms with Gasteiger partial charge in [-0.15, -0.1) is 0 Å². The standard InChI is InChI=1S/C7H14FN/c1-6(2)5-9-7(8)3-4-7/h6,9H,3-5H2,1-2H3. The van der Waals surface area contributed by atoms with Crippen molar-refractivity contribution < 1.29 is 4.39 Å². The van der Waals surface area contributed by atoms with Crippen LogP contribution in [0.15, 0.2) is 0 Å². The Hall–Kier alpha value is -0.110. The molecule has 1 aliphatic carbocycles. The first-order valence-corrected chi connectivity index (χ1v) is 3.56. The van der Waals surface area contributed by atoms with Crippen LogP contribution in [0, 0.1) is 5.92 Å². The molecule has 1 N–H and O–H groups in total. The highest BCUT2D eigenvalue weighted by Crippen LogP contribution is 2.36. The molecule has 0 saturated heterocycles. The zero-order chi connectivity index (χ0) is 6.91. The van der Waals surface area contributed by atoms with Crippen LogP contribution in [0.25, 0.3) is 0 Å². The van der Waals surface area contributed by atoms with Gasteiger partial charge < -0.3 is 0 Å². The SMILES string of the molecule is CC(C)CNC1(F)CC1. The number of nitrogens with one attached hydrogen (secondary N) is 1. The Morgan fingerprint density at radius 3 is 2.44 bits per heavy atom. The Labute approximate surface area is 55.6 Å². The summed E-state index contributed by atoms with van der Waals surface area (Å²) >= 11 is 0. The van der Waals surface area contributed by atoms with Crippen molar-refractivity contribution in [2.45, 2.75) is 32.5 Å². The summed E-state index contributed by atoms with van der Waals surface area (Å²) in [5.74, 6) is -0.414. The summed E-state index contributed by atoms with van der Waals surface area (Å²) in [6, 6.07) is 0. The van der Waals surface area contributed by atoms with Crippen molar-refractivity contribution in [2.75, 3.05) is 6.54 Å². The lowest BCUT2D eigenvalue weighted by Gasteiger charge is -2.09. The van der Waals surface area contributed by atoms with E-state index in [-0.39, 0.29) is 0 Å². The summed E-state index contributed by atoms with van der Waals surface area (Å²) < 4.78 is 12.7. The van der Waals surface area contributed by atoms with E-state index in [1.807, 2.05) is 0 Å². The highest BCUT2D eigenvalue weighted by Gasteiger charge is 2.42. The van der Waals surface area contributed by atoms with E-state index in [2.05, 4.69) is 19.2 Å². The minimum atomic E-state index is -0.968. The first-order chi connectivity index (χ1) is 4.12. The fraction of sp³-hybridized carbons (Fsp3) is 1.00. The predicted molar refractivity (Wildman–Crippen MR) is 35.9 cm³/mol. The molecule has 0 aromatic carbocycles. The van der Waals surface area contributed by atoms with Crippen molar-refractivity contribution in [2.24, 2.45) is 5.92 Å². The molecule has 0 aliphatic heterocycles. The molecule has 0 heterocycles. The maximum atomic E-state index is 12.7. The molecule has 0 aromatic rings. The van der Waals surface area contributed by atoms with Crippen LogP contribution >= 0.6 is 0 Å². The predicted octanol–water partition coefficient (Wildman–Crippen LogP) is 1.69. The lowest BCUT2D eigenvalue weighted by Crippen LogP contribution is -2.29. The van der Waals surface area contributed by atoms with Gasteiger partial charge in [-0.1, -0.05) is 13.8 Å². The number of hydrogen-bond acceptors (Lipinski definition) is 1. The zero-order valence-corrected chi connectivity index (χ0v) is 6.08. The number of halogens is 1. The molecule has 1 saturated carbocycles. The van der Waals surface area contributed by atoms with Gasteiger partial charge in [-0.2, -0.15) is 0 Å². The molecular formula is C7H14FN. The van der Waals surface area contributed by atoms with Crippen LogP contribution in [-0.2, 0) is 0 Å². The lowest BCUT2D eigenvalue weighted by atomic mass is 10.2. The fourth-order valence-electron chi connectivity index (χ4n) is 0.674. The van der Waals surface area contributed by atoms with Gasteiger partial charge in [0.15, 0.2) is 5.79 Å². The van der Waals surface area contributed by atoms with Gasteiger partial charge in [0.05, 0.1) is 0 Å². The topological polar surface area (TPSA) is 12.0 Å². The fourth-order valence-corrected chi connectivity index (χ4v) is 0.674. The summed E-state index contributed by atoms with van der Waals surface area (Å²) in [5.41, 5.74) is 0. The van der Waals surface area contributed by atoms with Gasteiger partial charge in [0, 0.05) is 6.54 Å².